The van der Waals surface area contributed by atoms with E-state index in [9.17, 15) is 14.9 Å². The average molecular weight is 407 g/mol. The van der Waals surface area contributed by atoms with Gasteiger partial charge in [0.2, 0.25) is 5.91 Å². The predicted molar refractivity (Wildman–Crippen MR) is 112 cm³/mol. The Morgan fingerprint density at radius 1 is 1.17 bits per heavy atom. The second-order valence-corrected chi connectivity index (χ2v) is 7.43. The van der Waals surface area contributed by atoms with Gasteiger partial charge in [-0.15, -0.1) is 0 Å². The summed E-state index contributed by atoms with van der Waals surface area (Å²) in [6.07, 6.45) is 1.94. The number of amides is 1. The highest BCUT2D eigenvalue weighted by molar-refractivity contribution is 8.14. The summed E-state index contributed by atoms with van der Waals surface area (Å²) < 4.78 is 1.71. The second-order valence-electron chi connectivity index (χ2n) is 6.35. The Bertz CT molecular complexity index is 1080. The average Bonchev–Trinajstić information content (AvgIpc) is 3.39. The maximum Gasteiger partial charge on any atom is 0.269 e. The number of hydrogen-bond donors (Lipinski definition) is 1. The summed E-state index contributed by atoms with van der Waals surface area (Å²) in [7, 11) is 0. The third-order valence-electron chi connectivity index (χ3n) is 4.35. The number of carbonyl (C=O) groups is 1. The molecule has 1 aliphatic heterocycles. The highest BCUT2D eigenvalue weighted by atomic mass is 32.2. The molecule has 1 N–H and O–H groups in total. The molecule has 1 amide bonds. The van der Waals surface area contributed by atoms with Crippen molar-refractivity contribution in [3.05, 3.63) is 76.5 Å². The Kier molecular flexibility index (Phi) is 5.39. The van der Waals surface area contributed by atoms with Crippen molar-refractivity contribution in [2.75, 3.05) is 12.3 Å². The minimum absolute atomic E-state index is 0.00630. The Balaban J connectivity index is 1.66. The molecular formula is C20H17N5O3S. The zero-order valence-corrected chi connectivity index (χ0v) is 16.1. The summed E-state index contributed by atoms with van der Waals surface area (Å²) in [6.45, 7) is 0.709. The summed E-state index contributed by atoms with van der Waals surface area (Å²) in [6, 6.07) is 15.7. The van der Waals surface area contributed by atoms with Gasteiger partial charge < -0.3 is 5.32 Å². The van der Waals surface area contributed by atoms with E-state index in [-0.39, 0.29) is 18.0 Å². The van der Waals surface area contributed by atoms with Crippen molar-refractivity contribution in [3.63, 3.8) is 0 Å². The van der Waals surface area contributed by atoms with E-state index in [0.717, 1.165) is 17.0 Å². The van der Waals surface area contributed by atoms with Gasteiger partial charge in [0.15, 0.2) is 5.17 Å². The first-order valence-electron chi connectivity index (χ1n) is 8.96. The number of para-hydroxylation sites is 1. The Morgan fingerprint density at radius 3 is 2.59 bits per heavy atom. The maximum atomic E-state index is 12.5. The number of benzene rings is 2. The molecule has 0 radical (unpaired) electrons. The largest absolute Gasteiger partial charge is 0.305 e. The number of nitro groups is 1. The molecule has 146 valence electrons. The van der Waals surface area contributed by atoms with Crippen molar-refractivity contribution in [2.24, 2.45) is 4.99 Å². The summed E-state index contributed by atoms with van der Waals surface area (Å²) in [5.41, 5.74) is 2.91. The minimum Gasteiger partial charge on any atom is -0.305 e. The van der Waals surface area contributed by atoms with E-state index < -0.39 is 4.92 Å². The topological polar surface area (TPSA) is 102 Å². The molecule has 0 bridgehead atoms. The molecule has 1 aliphatic rings. The first kappa shape index (κ1) is 18.9. The van der Waals surface area contributed by atoms with Crippen LogP contribution < -0.4 is 5.32 Å². The molecule has 0 spiro atoms. The number of nitro benzene ring substituents is 1. The quantitative estimate of drug-likeness (QED) is 0.517. The van der Waals surface area contributed by atoms with Crippen molar-refractivity contribution in [1.82, 2.24) is 15.1 Å². The van der Waals surface area contributed by atoms with Crippen molar-refractivity contribution in [3.8, 4) is 16.9 Å². The van der Waals surface area contributed by atoms with Crippen molar-refractivity contribution >= 4 is 28.5 Å². The van der Waals surface area contributed by atoms with Crippen molar-refractivity contribution in [1.29, 1.82) is 0 Å². The van der Waals surface area contributed by atoms with E-state index >= 15 is 0 Å². The fourth-order valence-electron chi connectivity index (χ4n) is 2.98. The van der Waals surface area contributed by atoms with Gasteiger partial charge in [-0.25, -0.2) is 4.68 Å². The molecule has 8 nitrogen and oxygen atoms in total. The van der Waals surface area contributed by atoms with E-state index in [1.807, 2.05) is 36.5 Å². The molecule has 2 aromatic carbocycles. The van der Waals surface area contributed by atoms with Crippen molar-refractivity contribution < 1.29 is 9.72 Å². The molecule has 0 atom stereocenters. The van der Waals surface area contributed by atoms with Gasteiger partial charge in [0.25, 0.3) is 5.69 Å². The van der Waals surface area contributed by atoms with Gasteiger partial charge in [0.1, 0.15) is 0 Å². The zero-order chi connectivity index (χ0) is 20.2. The van der Waals surface area contributed by atoms with E-state index in [0.29, 0.717) is 23.0 Å². The Labute approximate surface area is 170 Å². The van der Waals surface area contributed by atoms with Crippen LogP contribution >= 0.6 is 11.8 Å². The van der Waals surface area contributed by atoms with E-state index in [4.69, 9.17) is 0 Å². The zero-order valence-electron chi connectivity index (χ0n) is 15.3. The first-order chi connectivity index (χ1) is 14.1. The minimum atomic E-state index is -0.444. The molecule has 29 heavy (non-hydrogen) atoms. The highest BCUT2D eigenvalue weighted by Gasteiger charge is 2.18. The molecule has 1 aromatic heterocycles. The molecule has 2 heterocycles. The summed E-state index contributed by atoms with van der Waals surface area (Å²) in [5.74, 6) is 0.698. The Morgan fingerprint density at radius 2 is 1.93 bits per heavy atom. The number of nitrogens with one attached hydrogen (secondary N) is 1. The van der Waals surface area contributed by atoms with Crippen LogP contribution in [0.4, 0.5) is 5.69 Å². The normalized spacial score (nSPS) is 13.2. The molecule has 0 unspecified atom stereocenters. The number of aromatic nitrogens is 2. The van der Waals surface area contributed by atoms with Gasteiger partial charge in [-0.2, -0.15) is 5.10 Å². The van der Waals surface area contributed by atoms with Gasteiger partial charge in [-0.3, -0.25) is 19.9 Å². The number of hydrogen-bond acceptors (Lipinski definition) is 6. The lowest BCUT2D eigenvalue weighted by Crippen LogP contribution is -2.28. The maximum absolute atomic E-state index is 12.5. The van der Waals surface area contributed by atoms with Crippen LogP contribution in [0.3, 0.4) is 0 Å². The number of aliphatic imine (C=N–C) groups is 1. The van der Waals surface area contributed by atoms with Gasteiger partial charge in [-0.05, 0) is 24.3 Å². The standard InChI is InChI=1S/C20H17N5O3S/c26-18(22-20-21-10-11-29-20)12-15-13-24(16-4-2-1-3-5-16)23-19(15)14-6-8-17(9-7-14)25(27)28/h1-9,13H,10-12H2,(H,21,22,26). The summed E-state index contributed by atoms with van der Waals surface area (Å²) >= 11 is 1.52. The van der Waals surface area contributed by atoms with Crippen LogP contribution in [0.1, 0.15) is 5.56 Å². The van der Waals surface area contributed by atoms with E-state index in [1.165, 1.54) is 23.9 Å². The van der Waals surface area contributed by atoms with Crippen LogP contribution in [0, 0.1) is 10.1 Å². The third kappa shape index (κ3) is 4.35. The Hall–Kier alpha value is -3.46. The number of amidine groups is 1. The molecule has 0 aliphatic carbocycles. The van der Waals surface area contributed by atoms with Gasteiger partial charge in [-0.1, -0.05) is 30.0 Å². The lowest BCUT2D eigenvalue weighted by Gasteiger charge is -2.04. The fourth-order valence-corrected chi connectivity index (χ4v) is 3.73. The monoisotopic (exact) mass is 407 g/mol. The number of nitrogens with zero attached hydrogens (tertiary/aromatic N) is 4. The lowest BCUT2D eigenvalue weighted by molar-refractivity contribution is -0.384. The predicted octanol–water partition coefficient (Wildman–Crippen LogP) is 3.21. The van der Waals surface area contributed by atoms with Gasteiger partial charge in [0.05, 0.1) is 29.3 Å². The second kappa shape index (κ2) is 8.27. The van der Waals surface area contributed by atoms with Crippen LogP contribution in [0.5, 0.6) is 0 Å². The third-order valence-corrected chi connectivity index (χ3v) is 5.24. The number of non-ortho nitro benzene ring substituents is 1. The van der Waals surface area contributed by atoms with Crippen LogP contribution in [-0.2, 0) is 11.2 Å². The van der Waals surface area contributed by atoms with Crippen LogP contribution in [-0.4, -0.2) is 38.1 Å². The van der Waals surface area contributed by atoms with Gasteiger partial charge in [0, 0.05) is 35.2 Å². The first-order valence-corrected chi connectivity index (χ1v) is 9.94. The summed E-state index contributed by atoms with van der Waals surface area (Å²) in [5, 5.41) is 19.0. The van der Waals surface area contributed by atoms with E-state index in [2.05, 4.69) is 15.4 Å². The summed E-state index contributed by atoms with van der Waals surface area (Å²) in [4.78, 5) is 27.2. The lowest BCUT2D eigenvalue weighted by atomic mass is 10.1. The number of thioether (sulfide) groups is 1. The van der Waals surface area contributed by atoms with E-state index in [1.54, 1.807) is 16.8 Å². The fraction of sp³-hybridized carbons (Fsp3) is 0.150. The molecule has 0 fully saturated rings. The van der Waals surface area contributed by atoms with Crippen LogP contribution in [0.2, 0.25) is 0 Å². The molecule has 3 aromatic rings. The molecule has 4 rings (SSSR count). The number of rotatable bonds is 5. The van der Waals surface area contributed by atoms with Gasteiger partial charge >= 0.3 is 0 Å². The van der Waals surface area contributed by atoms with Crippen molar-refractivity contribution in [2.45, 2.75) is 6.42 Å². The molecule has 0 saturated carbocycles. The smallest absolute Gasteiger partial charge is 0.269 e. The van der Waals surface area contributed by atoms with Crippen LogP contribution in [0.25, 0.3) is 16.9 Å². The SMILES string of the molecule is O=C(Cc1cn(-c2ccccc2)nc1-c1ccc([N+](=O)[O-])cc1)NC1=NCCS1. The highest BCUT2D eigenvalue weighted by Crippen LogP contribution is 2.26. The van der Waals surface area contributed by atoms with Crippen LogP contribution in [0.15, 0.2) is 65.8 Å². The molecule has 9 heteroatoms. The molecular weight excluding hydrogens is 390 g/mol. The number of carbonyl (C=O) groups excluding carboxylic acids is 1. The molecule has 0 saturated heterocycles.